The van der Waals surface area contributed by atoms with E-state index in [1.54, 1.807) is 31.6 Å². The molecular formula is C14H19N3O2S. The molecule has 0 amide bonds. The van der Waals surface area contributed by atoms with Crippen molar-refractivity contribution in [2.75, 3.05) is 26.1 Å². The van der Waals surface area contributed by atoms with Gasteiger partial charge in [0.25, 0.3) is 0 Å². The molecule has 0 saturated carbocycles. The van der Waals surface area contributed by atoms with E-state index in [0.717, 1.165) is 6.54 Å². The minimum atomic E-state index is 0.00778. The van der Waals surface area contributed by atoms with Gasteiger partial charge in [-0.25, -0.2) is 0 Å². The lowest BCUT2D eigenvalue weighted by atomic mass is 9.91. The highest BCUT2D eigenvalue weighted by Crippen LogP contribution is 2.28. The molecule has 0 saturated heterocycles. The number of thiophene rings is 1. The van der Waals surface area contributed by atoms with Crippen LogP contribution in [0.15, 0.2) is 23.6 Å². The maximum Gasteiger partial charge on any atom is 0.229 e. The summed E-state index contributed by atoms with van der Waals surface area (Å²) in [7, 11) is 3.14. The second-order valence-corrected chi connectivity index (χ2v) is 5.94. The van der Waals surface area contributed by atoms with Crippen LogP contribution in [0.25, 0.3) is 0 Å². The molecule has 6 heteroatoms. The molecule has 5 nitrogen and oxygen atoms in total. The van der Waals surface area contributed by atoms with E-state index < -0.39 is 0 Å². The van der Waals surface area contributed by atoms with Gasteiger partial charge in [0.2, 0.25) is 17.7 Å². The Morgan fingerprint density at radius 2 is 1.85 bits per heavy atom. The van der Waals surface area contributed by atoms with Crippen molar-refractivity contribution < 1.29 is 9.47 Å². The molecule has 0 unspecified atom stereocenters. The fourth-order valence-corrected chi connectivity index (χ4v) is 2.60. The van der Waals surface area contributed by atoms with Crippen LogP contribution in [0.5, 0.6) is 11.8 Å². The highest BCUT2D eigenvalue weighted by atomic mass is 32.1. The predicted octanol–water partition coefficient (Wildman–Crippen LogP) is 2.95. The molecule has 0 fully saturated rings. The molecule has 2 heterocycles. The Balaban J connectivity index is 2.10. The van der Waals surface area contributed by atoms with Crippen LogP contribution in [0, 0.1) is 0 Å². The molecule has 0 aromatic carbocycles. The van der Waals surface area contributed by atoms with Crippen molar-refractivity contribution in [1.29, 1.82) is 0 Å². The average molecular weight is 293 g/mol. The molecule has 2 aromatic heterocycles. The van der Waals surface area contributed by atoms with Crippen LogP contribution in [0.4, 0.5) is 5.95 Å². The SMILES string of the molecule is COc1cc(OC)nc(NCC(C)(C)c2cccs2)n1. The molecule has 1 N–H and O–H groups in total. The predicted molar refractivity (Wildman–Crippen MR) is 81.0 cm³/mol. The number of methoxy groups -OCH3 is 2. The van der Waals surface area contributed by atoms with Crippen LogP contribution in [0.1, 0.15) is 18.7 Å². The number of anilines is 1. The van der Waals surface area contributed by atoms with Gasteiger partial charge in [-0.2, -0.15) is 9.97 Å². The van der Waals surface area contributed by atoms with Gasteiger partial charge in [0.05, 0.1) is 20.3 Å². The largest absolute Gasteiger partial charge is 0.481 e. The first-order chi connectivity index (χ1) is 9.55. The summed E-state index contributed by atoms with van der Waals surface area (Å²) in [6.45, 7) is 5.09. The molecule has 0 aliphatic carbocycles. The zero-order valence-electron chi connectivity index (χ0n) is 12.1. The van der Waals surface area contributed by atoms with Gasteiger partial charge in [-0.1, -0.05) is 19.9 Å². The summed E-state index contributed by atoms with van der Waals surface area (Å²) in [5.41, 5.74) is 0.00778. The van der Waals surface area contributed by atoms with Gasteiger partial charge in [0.15, 0.2) is 0 Å². The van der Waals surface area contributed by atoms with Gasteiger partial charge in [0, 0.05) is 16.8 Å². The minimum Gasteiger partial charge on any atom is -0.481 e. The van der Waals surface area contributed by atoms with Crippen LogP contribution in [-0.2, 0) is 5.41 Å². The lowest BCUT2D eigenvalue weighted by Gasteiger charge is -2.23. The Morgan fingerprint density at radius 3 is 2.35 bits per heavy atom. The number of hydrogen-bond acceptors (Lipinski definition) is 6. The molecule has 0 bridgehead atoms. The number of nitrogens with one attached hydrogen (secondary N) is 1. The van der Waals surface area contributed by atoms with Crippen molar-refractivity contribution in [3.05, 3.63) is 28.5 Å². The first kappa shape index (κ1) is 14.6. The summed E-state index contributed by atoms with van der Waals surface area (Å²) in [5.74, 6) is 1.47. The Hall–Kier alpha value is -1.82. The number of hydrogen-bond donors (Lipinski definition) is 1. The highest BCUT2D eigenvalue weighted by molar-refractivity contribution is 7.10. The molecule has 0 radical (unpaired) electrons. The standard InChI is InChI=1S/C14H19N3O2S/c1-14(2,10-6-5-7-20-10)9-15-13-16-11(18-3)8-12(17-13)19-4/h5-8H,9H2,1-4H3,(H,15,16,17). The molecular weight excluding hydrogens is 274 g/mol. The van der Waals surface area contributed by atoms with Crippen molar-refractivity contribution in [1.82, 2.24) is 9.97 Å². The topological polar surface area (TPSA) is 56.3 Å². The van der Waals surface area contributed by atoms with Crippen LogP contribution in [0.2, 0.25) is 0 Å². The van der Waals surface area contributed by atoms with Crippen molar-refractivity contribution in [2.24, 2.45) is 0 Å². The quantitative estimate of drug-likeness (QED) is 0.887. The van der Waals surface area contributed by atoms with Crippen molar-refractivity contribution in [3.8, 4) is 11.8 Å². The molecule has 0 aliphatic rings. The molecule has 2 rings (SSSR count). The summed E-state index contributed by atoms with van der Waals surface area (Å²) in [5, 5.41) is 5.33. The maximum absolute atomic E-state index is 5.13. The van der Waals surface area contributed by atoms with Crippen molar-refractivity contribution in [3.63, 3.8) is 0 Å². The van der Waals surface area contributed by atoms with Gasteiger partial charge in [0.1, 0.15) is 0 Å². The number of aromatic nitrogens is 2. The number of ether oxygens (including phenoxy) is 2. The summed E-state index contributed by atoms with van der Waals surface area (Å²) >= 11 is 1.75. The first-order valence-corrected chi connectivity index (χ1v) is 7.18. The Bertz CT molecular complexity index is 533. The Morgan fingerprint density at radius 1 is 1.20 bits per heavy atom. The lowest BCUT2D eigenvalue weighted by Crippen LogP contribution is -2.27. The zero-order chi connectivity index (χ0) is 14.6. The van der Waals surface area contributed by atoms with Crippen molar-refractivity contribution >= 4 is 17.3 Å². The lowest BCUT2D eigenvalue weighted by molar-refractivity contribution is 0.372. The third-order valence-corrected chi connectivity index (χ3v) is 4.21. The van der Waals surface area contributed by atoms with Gasteiger partial charge < -0.3 is 14.8 Å². The highest BCUT2D eigenvalue weighted by Gasteiger charge is 2.22. The van der Waals surface area contributed by atoms with E-state index >= 15 is 0 Å². The van der Waals surface area contributed by atoms with Gasteiger partial charge >= 0.3 is 0 Å². The smallest absolute Gasteiger partial charge is 0.229 e. The third kappa shape index (κ3) is 3.39. The van der Waals surface area contributed by atoms with E-state index in [9.17, 15) is 0 Å². The minimum absolute atomic E-state index is 0.00778. The fraction of sp³-hybridized carbons (Fsp3) is 0.429. The van der Waals surface area contributed by atoms with E-state index in [1.165, 1.54) is 4.88 Å². The second kappa shape index (κ2) is 6.09. The molecule has 20 heavy (non-hydrogen) atoms. The zero-order valence-corrected chi connectivity index (χ0v) is 13.0. The molecule has 0 atom stereocenters. The molecule has 108 valence electrons. The summed E-state index contributed by atoms with van der Waals surface area (Å²) in [4.78, 5) is 9.85. The monoisotopic (exact) mass is 293 g/mol. The van der Waals surface area contributed by atoms with Gasteiger partial charge in [-0.15, -0.1) is 11.3 Å². The molecule has 0 spiro atoms. The van der Waals surface area contributed by atoms with Crippen molar-refractivity contribution in [2.45, 2.75) is 19.3 Å². The van der Waals surface area contributed by atoms with Gasteiger partial charge in [-0.3, -0.25) is 0 Å². The van der Waals surface area contributed by atoms with Crippen LogP contribution >= 0.6 is 11.3 Å². The van der Waals surface area contributed by atoms with Crippen LogP contribution < -0.4 is 14.8 Å². The molecule has 0 aliphatic heterocycles. The maximum atomic E-state index is 5.13. The molecule has 2 aromatic rings. The first-order valence-electron chi connectivity index (χ1n) is 6.30. The second-order valence-electron chi connectivity index (χ2n) is 4.99. The normalized spacial score (nSPS) is 11.2. The van der Waals surface area contributed by atoms with Crippen LogP contribution in [-0.4, -0.2) is 30.7 Å². The summed E-state index contributed by atoms with van der Waals surface area (Å²) in [6.07, 6.45) is 0. The van der Waals surface area contributed by atoms with E-state index in [4.69, 9.17) is 9.47 Å². The number of rotatable bonds is 6. The Kier molecular flexibility index (Phi) is 4.44. The van der Waals surface area contributed by atoms with E-state index in [2.05, 4.69) is 46.6 Å². The van der Waals surface area contributed by atoms with Gasteiger partial charge in [-0.05, 0) is 11.4 Å². The number of nitrogens with zero attached hydrogens (tertiary/aromatic N) is 2. The van der Waals surface area contributed by atoms with E-state index in [0.29, 0.717) is 17.7 Å². The average Bonchev–Trinajstić information content (AvgIpc) is 3.00. The van der Waals surface area contributed by atoms with E-state index in [-0.39, 0.29) is 5.41 Å². The Labute approximate surface area is 123 Å². The third-order valence-electron chi connectivity index (χ3n) is 2.97. The summed E-state index contributed by atoms with van der Waals surface area (Å²) in [6, 6.07) is 5.85. The van der Waals surface area contributed by atoms with E-state index in [1.807, 2.05) is 0 Å². The fourth-order valence-electron chi connectivity index (χ4n) is 1.74. The van der Waals surface area contributed by atoms with Crippen LogP contribution in [0.3, 0.4) is 0 Å². The summed E-state index contributed by atoms with van der Waals surface area (Å²) < 4.78 is 10.3.